The van der Waals surface area contributed by atoms with Gasteiger partial charge in [-0.15, -0.1) is 4.91 Å². The highest BCUT2D eigenvalue weighted by molar-refractivity contribution is 5.49. The molecule has 0 rings (SSSR count). The van der Waals surface area contributed by atoms with Crippen LogP contribution in [-0.2, 0) is 4.79 Å². The monoisotopic (exact) mass is 144 g/mol. The predicted octanol–water partition coefficient (Wildman–Crippen LogP) is 0.969. The number of nitroso groups, excluding NO2 is 1. The molecule has 0 aromatic carbocycles. The quantitative estimate of drug-likeness (QED) is 0.317. The van der Waals surface area contributed by atoms with E-state index in [2.05, 4.69) is 5.29 Å². The van der Waals surface area contributed by atoms with E-state index >= 15 is 0 Å². The lowest BCUT2D eigenvalue weighted by Gasteiger charge is -2.10. The summed E-state index contributed by atoms with van der Waals surface area (Å²) in [5.41, 5.74) is 0. The molecule has 0 fully saturated rings. The van der Waals surface area contributed by atoms with Crippen molar-refractivity contribution in [2.75, 3.05) is 13.1 Å². The summed E-state index contributed by atoms with van der Waals surface area (Å²) in [7, 11) is 0. The Labute approximate surface area is 60.2 Å². The second-order valence-electron chi connectivity index (χ2n) is 1.99. The first-order valence-electron chi connectivity index (χ1n) is 3.37. The van der Waals surface area contributed by atoms with Crippen LogP contribution in [0.2, 0.25) is 0 Å². The number of hydrogen-bond acceptors (Lipinski definition) is 3. The van der Waals surface area contributed by atoms with E-state index in [0.29, 0.717) is 19.5 Å². The van der Waals surface area contributed by atoms with Crippen molar-refractivity contribution in [3.05, 3.63) is 4.91 Å². The van der Waals surface area contributed by atoms with Gasteiger partial charge in [-0.2, -0.15) is 0 Å². The van der Waals surface area contributed by atoms with Crippen LogP contribution in [0.1, 0.15) is 19.8 Å². The van der Waals surface area contributed by atoms with Gasteiger partial charge in [-0.05, 0) is 6.42 Å². The average molecular weight is 144 g/mol. The van der Waals surface area contributed by atoms with E-state index in [-0.39, 0.29) is 0 Å². The Morgan fingerprint density at radius 2 is 2.20 bits per heavy atom. The summed E-state index contributed by atoms with van der Waals surface area (Å²) in [6, 6.07) is 0. The van der Waals surface area contributed by atoms with Gasteiger partial charge in [0.1, 0.15) is 6.29 Å². The number of aldehydes is 1. The van der Waals surface area contributed by atoms with E-state index in [1.54, 1.807) is 0 Å². The van der Waals surface area contributed by atoms with Gasteiger partial charge in [-0.3, -0.25) is 5.01 Å². The van der Waals surface area contributed by atoms with Crippen molar-refractivity contribution in [3.63, 3.8) is 0 Å². The van der Waals surface area contributed by atoms with Crippen LogP contribution in [0.25, 0.3) is 0 Å². The van der Waals surface area contributed by atoms with E-state index in [4.69, 9.17) is 0 Å². The maximum absolute atomic E-state index is 9.96. The number of carbonyl (C=O) groups is 1. The molecule has 58 valence electrons. The van der Waals surface area contributed by atoms with Crippen LogP contribution in [-0.4, -0.2) is 24.4 Å². The Bertz CT molecular complexity index is 106. The standard InChI is InChI=1S/C6H12N2O2/c1-2-4-8(7-10)5-3-6-9/h6H,2-5H2,1H3. The van der Waals surface area contributed by atoms with Gasteiger partial charge in [0, 0.05) is 19.5 Å². The zero-order valence-electron chi connectivity index (χ0n) is 6.12. The smallest absolute Gasteiger partial charge is 0.121 e. The van der Waals surface area contributed by atoms with Gasteiger partial charge >= 0.3 is 0 Å². The zero-order valence-corrected chi connectivity index (χ0v) is 6.12. The molecule has 0 N–H and O–H groups in total. The first kappa shape index (κ1) is 9.07. The van der Waals surface area contributed by atoms with Gasteiger partial charge in [0.05, 0.1) is 5.29 Å². The molecular formula is C6H12N2O2. The minimum Gasteiger partial charge on any atom is -0.303 e. The third kappa shape index (κ3) is 4.00. The molecule has 4 nitrogen and oxygen atoms in total. The van der Waals surface area contributed by atoms with Crippen LogP contribution in [0.15, 0.2) is 5.29 Å². The Morgan fingerprint density at radius 3 is 2.60 bits per heavy atom. The molecule has 0 saturated carbocycles. The predicted molar refractivity (Wildman–Crippen MR) is 38.3 cm³/mol. The van der Waals surface area contributed by atoms with Gasteiger partial charge in [0.2, 0.25) is 0 Å². The lowest BCUT2D eigenvalue weighted by molar-refractivity contribution is -0.108. The first-order valence-corrected chi connectivity index (χ1v) is 3.37. The van der Waals surface area contributed by atoms with Gasteiger partial charge in [-0.1, -0.05) is 6.92 Å². The molecule has 10 heavy (non-hydrogen) atoms. The fourth-order valence-corrected chi connectivity index (χ4v) is 0.653. The summed E-state index contributed by atoms with van der Waals surface area (Å²) in [4.78, 5) is 19.8. The van der Waals surface area contributed by atoms with Gasteiger partial charge in [-0.25, -0.2) is 0 Å². The van der Waals surface area contributed by atoms with Crippen molar-refractivity contribution >= 4 is 6.29 Å². The molecule has 0 aliphatic rings. The lowest BCUT2D eigenvalue weighted by atomic mass is 10.4. The van der Waals surface area contributed by atoms with Gasteiger partial charge in [0.15, 0.2) is 0 Å². The largest absolute Gasteiger partial charge is 0.303 e. The van der Waals surface area contributed by atoms with Crippen molar-refractivity contribution in [2.45, 2.75) is 19.8 Å². The Hall–Kier alpha value is -0.930. The van der Waals surface area contributed by atoms with Crippen molar-refractivity contribution in [1.29, 1.82) is 0 Å². The Balaban J connectivity index is 3.38. The average Bonchev–Trinajstić information content (AvgIpc) is 1.98. The number of nitrogens with zero attached hydrogens (tertiary/aromatic N) is 2. The summed E-state index contributed by atoms with van der Waals surface area (Å²) in [5.74, 6) is 0. The second-order valence-corrected chi connectivity index (χ2v) is 1.99. The maximum atomic E-state index is 9.96. The summed E-state index contributed by atoms with van der Waals surface area (Å²) in [6.45, 7) is 3.04. The van der Waals surface area contributed by atoms with Crippen LogP contribution < -0.4 is 0 Å². The molecule has 0 heterocycles. The van der Waals surface area contributed by atoms with Gasteiger partial charge in [0.25, 0.3) is 0 Å². The highest BCUT2D eigenvalue weighted by atomic mass is 16.3. The van der Waals surface area contributed by atoms with Crippen molar-refractivity contribution in [1.82, 2.24) is 5.01 Å². The van der Waals surface area contributed by atoms with Crippen LogP contribution in [0.4, 0.5) is 0 Å². The van der Waals surface area contributed by atoms with E-state index in [0.717, 1.165) is 12.7 Å². The highest BCUT2D eigenvalue weighted by Gasteiger charge is 1.98. The maximum Gasteiger partial charge on any atom is 0.121 e. The molecular weight excluding hydrogens is 132 g/mol. The minimum absolute atomic E-state index is 0.381. The summed E-state index contributed by atoms with van der Waals surface area (Å²) in [6.07, 6.45) is 2.05. The molecule has 0 amide bonds. The van der Waals surface area contributed by atoms with Crippen molar-refractivity contribution in [2.24, 2.45) is 5.29 Å². The minimum atomic E-state index is 0.381. The molecule has 0 aliphatic heterocycles. The SMILES string of the molecule is CCCN(CCC=O)N=O. The molecule has 0 saturated heterocycles. The normalized spacial score (nSPS) is 8.90. The third-order valence-corrected chi connectivity index (χ3v) is 1.10. The molecule has 0 bridgehead atoms. The van der Waals surface area contributed by atoms with Crippen LogP contribution in [0, 0.1) is 4.91 Å². The van der Waals surface area contributed by atoms with Crippen molar-refractivity contribution in [3.8, 4) is 0 Å². The van der Waals surface area contributed by atoms with E-state index in [9.17, 15) is 9.70 Å². The molecule has 0 atom stereocenters. The Morgan fingerprint density at radius 1 is 1.50 bits per heavy atom. The highest BCUT2D eigenvalue weighted by Crippen LogP contribution is 1.91. The lowest BCUT2D eigenvalue weighted by Crippen LogP contribution is -2.18. The van der Waals surface area contributed by atoms with Crippen LogP contribution in [0.5, 0.6) is 0 Å². The molecule has 0 spiro atoms. The van der Waals surface area contributed by atoms with E-state index in [1.807, 2.05) is 6.92 Å². The molecule has 0 aliphatic carbocycles. The fraction of sp³-hybridized carbons (Fsp3) is 0.833. The first-order chi connectivity index (χ1) is 4.85. The van der Waals surface area contributed by atoms with Crippen molar-refractivity contribution < 1.29 is 4.79 Å². The van der Waals surface area contributed by atoms with Gasteiger partial charge < -0.3 is 4.79 Å². The molecule has 4 heteroatoms. The van der Waals surface area contributed by atoms with Crippen LogP contribution >= 0.6 is 0 Å². The molecule has 0 aromatic rings. The van der Waals surface area contributed by atoms with Crippen LogP contribution in [0.3, 0.4) is 0 Å². The van der Waals surface area contributed by atoms with E-state index < -0.39 is 0 Å². The van der Waals surface area contributed by atoms with E-state index in [1.165, 1.54) is 5.01 Å². The Kier molecular flexibility index (Phi) is 5.62. The summed E-state index contributed by atoms with van der Waals surface area (Å²) in [5, 5.41) is 4.10. The zero-order chi connectivity index (χ0) is 7.82. The number of carbonyl (C=O) groups excluding carboxylic acids is 1. The topological polar surface area (TPSA) is 49.7 Å². The molecule has 0 radical (unpaired) electrons. The third-order valence-electron chi connectivity index (χ3n) is 1.10. The molecule has 0 aromatic heterocycles. The summed E-state index contributed by atoms with van der Waals surface area (Å²) >= 11 is 0. The fourth-order valence-electron chi connectivity index (χ4n) is 0.653. The number of rotatable bonds is 6. The second kappa shape index (κ2) is 6.19. The summed E-state index contributed by atoms with van der Waals surface area (Å²) < 4.78 is 0. The number of hydrogen-bond donors (Lipinski definition) is 0. The molecule has 0 unspecified atom stereocenters.